The molecule has 25 heavy (non-hydrogen) atoms. The zero-order chi connectivity index (χ0) is 17.2. The molecule has 8 heteroatoms. The minimum atomic E-state index is 0.0407. The van der Waals surface area contributed by atoms with E-state index in [0.717, 1.165) is 43.9 Å². The summed E-state index contributed by atoms with van der Waals surface area (Å²) in [6.07, 6.45) is 5.20. The molecule has 1 aromatic heterocycles. The van der Waals surface area contributed by atoms with Gasteiger partial charge in [0, 0.05) is 37.7 Å². The number of nitrogens with one attached hydrogen (secondary N) is 3. The summed E-state index contributed by atoms with van der Waals surface area (Å²) in [5.74, 6) is 1.32. The summed E-state index contributed by atoms with van der Waals surface area (Å²) in [4.78, 5) is 22.5. The van der Waals surface area contributed by atoms with Gasteiger partial charge in [0.25, 0.3) is 0 Å². The highest BCUT2D eigenvalue weighted by Gasteiger charge is 2.42. The number of hydrogen-bond donors (Lipinski definition) is 3. The third kappa shape index (κ3) is 3.47. The SMILES string of the molecule is CCOC1CCC2NNC(c3cc(N4CCNC(=O)C4)ncn3)C2C1. The molecule has 8 nitrogen and oxygen atoms in total. The van der Waals surface area contributed by atoms with Crippen molar-refractivity contribution in [2.24, 2.45) is 5.92 Å². The van der Waals surface area contributed by atoms with E-state index in [2.05, 4.69) is 33.1 Å². The third-order valence-corrected chi connectivity index (χ3v) is 5.46. The van der Waals surface area contributed by atoms with Crippen LogP contribution in [0.3, 0.4) is 0 Å². The van der Waals surface area contributed by atoms with Gasteiger partial charge in [-0.25, -0.2) is 15.4 Å². The van der Waals surface area contributed by atoms with E-state index in [1.165, 1.54) is 0 Å². The average Bonchev–Trinajstić information content (AvgIpc) is 3.05. The van der Waals surface area contributed by atoms with Gasteiger partial charge in [-0.1, -0.05) is 0 Å². The van der Waals surface area contributed by atoms with Gasteiger partial charge in [0.1, 0.15) is 12.1 Å². The van der Waals surface area contributed by atoms with Crippen molar-refractivity contribution in [3.8, 4) is 0 Å². The van der Waals surface area contributed by atoms with E-state index >= 15 is 0 Å². The molecule has 3 heterocycles. The van der Waals surface area contributed by atoms with Crippen LogP contribution >= 0.6 is 0 Å². The molecule has 1 saturated carbocycles. The first kappa shape index (κ1) is 16.7. The van der Waals surface area contributed by atoms with Crippen LogP contribution in [0.15, 0.2) is 12.4 Å². The Labute approximate surface area is 147 Å². The Hall–Kier alpha value is -1.77. The molecular formula is C17H26N6O2. The number of nitrogens with zero attached hydrogens (tertiary/aromatic N) is 3. The predicted molar refractivity (Wildman–Crippen MR) is 92.8 cm³/mol. The van der Waals surface area contributed by atoms with Crippen molar-refractivity contribution < 1.29 is 9.53 Å². The Morgan fingerprint density at radius 3 is 3.08 bits per heavy atom. The smallest absolute Gasteiger partial charge is 0.239 e. The van der Waals surface area contributed by atoms with Crippen molar-refractivity contribution in [2.75, 3.05) is 31.1 Å². The van der Waals surface area contributed by atoms with Gasteiger partial charge in [-0.15, -0.1) is 0 Å². The van der Waals surface area contributed by atoms with Gasteiger partial charge in [0.05, 0.1) is 24.4 Å². The topological polar surface area (TPSA) is 91.4 Å². The maximum absolute atomic E-state index is 11.6. The van der Waals surface area contributed by atoms with Gasteiger partial charge < -0.3 is 15.0 Å². The number of rotatable bonds is 4. The molecule has 2 saturated heterocycles. The van der Waals surface area contributed by atoms with Crippen molar-refractivity contribution in [1.29, 1.82) is 0 Å². The molecule has 4 rings (SSSR count). The van der Waals surface area contributed by atoms with Gasteiger partial charge in [-0.2, -0.15) is 0 Å². The fourth-order valence-corrected chi connectivity index (χ4v) is 4.24. The highest BCUT2D eigenvalue weighted by molar-refractivity contribution is 5.82. The molecular weight excluding hydrogens is 320 g/mol. The number of hydrogen-bond acceptors (Lipinski definition) is 7. The van der Waals surface area contributed by atoms with E-state index in [9.17, 15) is 4.79 Å². The van der Waals surface area contributed by atoms with Crippen LogP contribution in [0.4, 0.5) is 5.82 Å². The summed E-state index contributed by atoms with van der Waals surface area (Å²) in [7, 11) is 0. The lowest BCUT2D eigenvalue weighted by molar-refractivity contribution is -0.120. The summed E-state index contributed by atoms with van der Waals surface area (Å²) in [5.41, 5.74) is 7.83. The van der Waals surface area contributed by atoms with Crippen LogP contribution in [0, 0.1) is 5.92 Å². The minimum Gasteiger partial charge on any atom is -0.378 e. The van der Waals surface area contributed by atoms with Crippen LogP contribution in [0.5, 0.6) is 0 Å². The van der Waals surface area contributed by atoms with Crippen molar-refractivity contribution in [3.05, 3.63) is 18.1 Å². The van der Waals surface area contributed by atoms with Crippen LogP contribution < -0.4 is 21.1 Å². The lowest BCUT2D eigenvalue weighted by Crippen LogP contribution is -2.48. The molecule has 3 fully saturated rings. The third-order valence-electron chi connectivity index (χ3n) is 5.46. The Kier molecular flexibility index (Phi) is 4.82. The molecule has 0 spiro atoms. The second-order valence-electron chi connectivity index (χ2n) is 7.00. The molecule has 2 aliphatic heterocycles. The first-order valence-electron chi connectivity index (χ1n) is 9.21. The van der Waals surface area contributed by atoms with Gasteiger partial charge >= 0.3 is 0 Å². The molecule has 0 bridgehead atoms. The molecule has 0 radical (unpaired) electrons. The largest absolute Gasteiger partial charge is 0.378 e. The fourth-order valence-electron chi connectivity index (χ4n) is 4.24. The number of amides is 1. The van der Waals surface area contributed by atoms with E-state index in [-0.39, 0.29) is 11.9 Å². The van der Waals surface area contributed by atoms with E-state index in [1.807, 2.05) is 11.0 Å². The Balaban J connectivity index is 1.51. The highest BCUT2D eigenvalue weighted by atomic mass is 16.5. The first-order valence-corrected chi connectivity index (χ1v) is 9.21. The Morgan fingerprint density at radius 2 is 2.24 bits per heavy atom. The van der Waals surface area contributed by atoms with Crippen LogP contribution in [0.2, 0.25) is 0 Å². The van der Waals surface area contributed by atoms with Crippen LogP contribution in [0.1, 0.15) is 37.9 Å². The van der Waals surface area contributed by atoms with Crippen molar-refractivity contribution in [2.45, 2.75) is 44.4 Å². The molecule has 4 atom stereocenters. The first-order chi connectivity index (χ1) is 12.2. The zero-order valence-corrected chi connectivity index (χ0v) is 14.6. The molecule has 1 aromatic rings. The number of carbonyl (C=O) groups excluding carboxylic acids is 1. The molecule has 3 aliphatic rings. The van der Waals surface area contributed by atoms with Crippen molar-refractivity contribution in [1.82, 2.24) is 26.1 Å². The maximum atomic E-state index is 11.6. The summed E-state index contributed by atoms with van der Waals surface area (Å²) in [6, 6.07) is 2.62. The van der Waals surface area contributed by atoms with Gasteiger partial charge in [0.15, 0.2) is 0 Å². The summed E-state index contributed by atoms with van der Waals surface area (Å²) >= 11 is 0. The lowest BCUT2D eigenvalue weighted by Gasteiger charge is -2.33. The lowest BCUT2D eigenvalue weighted by atomic mass is 9.79. The molecule has 0 aromatic carbocycles. The second-order valence-corrected chi connectivity index (χ2v) is 7.00. The van der Waals surface area contributed by atoms with E-state index in [4.69, 9.17) is 4.74 Å². The average molecular weight is 346 g/mol. The van der Waals surface area contributed by atoms with Gasteiger partial charge in [0.2, 0.25) is 5.91 Å². The van der Waals surface area contributed by atoms with E-state index in [1.54, 1.807) is 6.33 Å². The van der Waals surface area contributed by atoms with E-state index in [0.29, 0.717) is 31.2 Å². The summed E-state index contributed by atoms with van der Waals surface area (Å²) in [6.45, 7) is 4.60. The number of piperazine rings is 1. The number of hydrazine groups is 1. The monoisotopic (exact) mass is 346 g/mol. The van der Waals surface area contributed by atoms with Crippen LogP contribution in [0.25, 0.3) is 0 Å². The highest BCUT2D eigenvalue weighted by Crippen LogP contribution is 2.38. The molecule has 136 valence electrons. The predicted octanol–water partition coefficient (Wildman–Crippen LogP) is 0.136. The maximum Gasteiger partial charge on any atom is 0.239 e. The minimum absolute atomic E-state index is 0.0407. The molecule has 1 aliphatic carbocycles. The number of carbonyl (C=O) groups is 1. The van der Waals surface area contributed by atoms with Crippen molar-refractivity contribution >= 4 is 11.7 Å². The zero-order valence-electron chi connectivity index (χ0n) is 14.6. The fraction of sp³-hybridized carbons (Fsp3) is 0.706. The molecule has 4 unspecified atom stereocenters. The summed E-state index contributed by atoms with van der Waals surface area (Å²) in [5, 5.41) is 2.85. The van der Waals surface area contributed by atoms with Gasteiger partial charge in [-0.05, 0) is 26.2 Å². The van der Waals surface area contributed by atoms with Crippen LogP contribution in [-0.4, -0.2) is 54.3 Å². The molecule has 1 amide bonds. The standard InChI is InChI=1S/C17H26N6O2/c1-2-25-11-3-4-13-12(7-11)17(22-21-13)14-8-15(20-10-19-14)23-6-5-18-16(24)9-23/h8,10-13,17,21-22H,2-7,9H2,1H3,(H,18,24). The number of ether oxygens (including phenoxy) is 1. The number of aromatic nitrogens is 2. The van der Waals surface area contributed by atoms with E-state index < -0.39 is 0 Å². The number of fused-ring (bicyclic) bond motifs is 1. The van der Waals surface area contributed by atoms with Crippen LogP contribution in [-0.2, 0) is 9.53 Å². The Bertz CT molecular complexity index is 627. The van der Waals surface area contributed by atoms with Gasteiger partial charge in [-0.3, -0.25) is 10.2 Å². The number of anilines is 1. The quantitative estimate of drug-likeness (QED) is 0.714. The normalized spacial score (nSPS) is 32.4. The Morgan fingerprint density at radius 1 is 1.32 bits per heavy atom. The second kappa shape index (κ2) is 7.23. The van der Waals surface area contributed by atoms with Crippen molar-refractivity contribution in [3.63, 3.8) is 0 Å². The summed E-state index contributed by atoms with van der Waals surface area (Å²) < 4.78 is 5.86. The molecule has 3 N–H and O–H groups in total.